The Bertz CT molecular complexity index is 5130. The second-order valence-corrected chi connectivity index (χ2v) is 25.4. The molecule has 30 nitrogen and oxygen atoms in total. The van der Waals surface area contributed by atoms with Crippen molar-refractivity contribution in [2.24, 2.45) is 0 Å². The van der Waals surface area contributed by atoms with Gasteiger partial charge in [0, 0.05) is 70.0 Å². The minimum absolute atomic E-state index is 0.0429. The number of carboxylic acid groups (broad SMARTS) is 2. The molecule has 109 heavy (non-hydrogen) atoms. The minimum Gasteiger partial charge on any atom is -0.473 e. The molecule has 4 N–H and O–H groups in total. The Morgan fingerprint density at radius 2 is 0.917 bits per heavy atom. The van der Waals surface area contributed by atoms with E-state index < -0.39 is 58.1 Å². The lowest BCUT2D eigenvalue weighted by Gasteiger charge is -2.39. The summed E-state index contributed by atoms with van der Waals surface area (Å²) < 4.78 is 26.2. The number of thiocarbonyl (C=S) groups is 1. The number of aryl methyl sites for hydroxylation is 5. The molecule has 2 aliphatic heterocycles. The number of benzene rings is 6. The number of hydrogen-bond donors (Lipinski definition) is 4. The van der Waals surface area contributed by atoms with Gasteiger partial charge in [0.05, 0.1) is 40.4 Å². The van der Waals surface area contributed by atoms with Gasteiger partial charge in [-0.25, -0.2) is 79.9 Å². The molecule has 6 aromatic carbocycles. The fourth-order valence-electron chi connectivity index (χ4n) is 12.2. The van der Waals surface area contributed by atoms with Crippen molar-refractivity contribution in [3.05, 3.63) is 294 Å². The average Bonchev–Trinajstić information content (AvgIpc) is 1.68. The molecule has 2 fully saturated rings. The third-order valence-electron chi connectivity index (χ3n) is 17.2. The van der Waals surface area contributed by atoms with Gasteiger partial charge >= 0.3 is 57.5 Å². The molecular weight excluding hydrogens is 1420 g/mol. The first-order valence-corrected chi connectivity index (χ1v) is 35.7. The number of aromatic nitrogens is 12. The van der Waals surface area contributed by atoms with Gasteiger partial charge in [-0.1, -0.05) is 127 Å². The highest BCUT2D eigenvalue weighted by Crippen LogP contribution is 2.37. The van der Waals surface area contributed by atoms with Crippen LogP contribution < -0.4 is 50.8 Å². The molecule has 0 spiro atoms. The summed E-state index contributed by atoms with van der Waals surface area (Å²) in [5.41, 5.74) is 2.35. The molecule has 31 heteroatoms. The van der Waals surface area contributed by atoms with E-state index in [1.165, 1.54) is 46.8 Å². The number of anilines is 1. The van der Waals surface area contributed by atoms with Crippen LogP contribution in [0.5, 0.6) is 0 Å². The summed E-state index contributed by atoms with van der Waals surface area (Å²) in [7, 11) is 0. The number of carbonyl (C=O) groups excluding carboxylic acids is 1. The van der Waals surface area contributed by atoms with Crippen LogP contribution in [0.1, 0.15) is 100 Å². The number of aldehydes is 1. The largest absolute Gasteiger partial charge is 0.473 e. The van der Waals surface area contributed by atoms with Gasteiger partial charge in [0.15, 0.2) is 6.29 Å². The summed E-state index contributed by atoms with van der Waals surface area (Å²) in [6.45, 7) is 17.4. The predicted molar refractivity (Wildman–Crippen MR) is 415 cm³/mol. The minimum atomic E-state index is -1.82. The highest BCUT2D eigenvalue weighted by Gasteiger charge is 2.40. The Morgan fingerprint density at radius 3 is 1.31 bits per heavy atom. The topological polar surface area (TPSA) is 373 Å². The van der Waals surface area contributed by atoms with E-state index in [0.29, 0.717) is 97.6 Å². The van der Waals surface area contributed by atoms with Crippen molar-refractivity contribution in [3.8, 4) is 22.7 Å². The van der Waals surface area contributed by atoms with Gasteiger partial charge in [-0.2, -0.15) is 19.9 Å². The molecule has 12 rings (SSSR count). The molecule has 574 valence electrons. The fraction of sp³-hybridized carbons (Fsp3) is 0.333. The number of aromatic amines is 1. The van der Waals surface area contributed by atoms with Crippen LogP contribution in [-0.4, -0.2) is 139 Å². The lowest BCUT2D eigenvalue weighted by Crippen LogP contribution is -2.47. The van der Waals surface area contributed by atoms with Crippen LogP contribution in [0.25, 0.3) is 22.7 Å². The second kappa shape index (κ2) is 42.4. The normalized spacial score (nSPS) is 13.9. The summed E-state index contributed by atoms with van der Waals surface area (Å²) in [5.74, 6) is -2.18. The lowest BCUT2D eigenvalue weighted by molar-refractivity contribution is -0.159. The predicted octanol–water partition coefficient (Wildman–Crippen LogP) is 7.23. The second-order valence-electron chi connectivity index (χ2n) is 24.8. The number of aliphatic carboxylic acids is 2. The number of carbonyl (C=O) groups is 3. The van der Waals surface area contributed by atoms with Gasteiger partial charge in [0.25, 0.3) is 0 Å². The number of para-hydroxylation sites is 5. The van der Waals surface area contributed by atoms with Crippen LogP contribution >= 0.6 is 12.2 Å². The third-order valence-corrected chi connectivity index (χ3v) is 17.3. The van der Waals surface area contributed by atoms with Crippen LogP contribution in [0.3, 0.4) is 0 Å². The SMILES string of the molecule is CC(=S)Nc1ccccc1.CCOC(CCn1c(=O)nc(C)n(-c2ccccc2)c1=O)OCC.Cc1ccccc1COC1CC2CCC(C1)N2CCCn1c(=O)nc(C)n(-c2ccccc2)c1=O.Cc1nc(=O)[nH]c(=O)n1-c1ccccc1.Cc1nc(=O)n(CCC=O)c(=O)n1-c1ccccc1.O=C(O)C(=O)O. The molecule has 2 aliphatic rings. The average molecular weight is 1510 g/mol. The number of piperidine rings is 1. The first kappa shape index (κ1) is 84.4. The monoisotopic (exact) mass is 1510 g/mol. The van der Waals surface area contributed by atoms with E-state index in [0.717, 1.165) is 51.3 Å². The molecule has 4 aromatic heterocycles. The number of hydrogen-bond acceptors (Lipinski definition) is 20. The maximum absolute atomic E-state index is 13.1. The van der Waals surface area contributed by atoms with Gasteiger partial charge in [-0.05, 0) is 159 Å². The summed E-state index contributed by atoms with van der Waals surface area (Å²) in [6.07, 6.45) is 6.26. The van der Waals surface area contributed by atoms with E-state index in [1.54, 1.807) is 76.2 Å². The van der Waals surface area contributed by atoms with Crippen molar-refractivity contribution < 1.29 is 38.8 Å². The van der Waals surface area contributed by atoms with Crippen LogP contribution in [0, 0.1) is 34.6 Å². The van der Waals surface area contributed by atoms with Gasteiger partial charge in [-0.15, -0.1) is 0 Å². The number of fused-ring (bicyclic) bond motifs is 2. The highest BCUT2D eigenvalue weighted by atomic mass is 32.1. The Balaban J connectivity index is 0.000000196. The summed E-state index contributed by atoms with van der Waals surface area (Å²) >= 11 is 4.87. The van der Waals surface area contributed by atoms with Gasteiger partial charge in [0.1, 0.15) is 29.6 Å². The number of ether oxygens (including phenoxy) is 3. The molecule has 0 saturated carbocycles. The fourth-order valence-corrected chi connectivity index (χ4v) is 12.3. The zero-order valence-electron chi connectivity index (χ0n) is 61.9. The molecule has 0 aliphatic carbocycles. The highest BCUT2D eigenvalue weighted by molar-refractivity contribution is 7.80. The Hall–Kier alpha value is -11.9. The molecule has 0 radical (unpaired) electrons. The van der Waals surface area contributed by atoms with Crippen molar-refractivity contribution in [2.45, 2.75) is 151 Å². The molecule has 2 unspecified atom stereocenters. The van der Waals surface area contributed by atoms with Crippen LogP contribution in [0.2, 0.25) is 0 Å². The van der Waals surface area contributed by atoms with Crippen LogP contribution in [0.4, 0.5) is 5.69 Å². The molecule has 0 amide bonds. The van der Waals surface area contributed by atoms with E-state index in [4.69, 9.17) is 46.2 Å². The number of H-pyrrole nitrogens is 1. The molecule has 2 atom stereocenters. The standard InChI is InChI=1S/C28H34N4O3.C17H23N3O4.C13H13N3O3.C10H9N3O2.C8H9NS.C2H2O4/c1-20-9-6-7-10-22(20)19-35-26-17-24-13-14-25(18-26)30(24)15-8-16-31-27(33)29-21(2)32(28(31)34)23-11-4-3-5-12-23;1-4-23-15(24-5-2)11-12-19-16(21)18-13(3)20(17(19)22)14-9-7-6-8-10-14;1-10-14-12(18)15(8-5-9-17)13(19)16(10)11-6-3-2-4-7-11;1-7-11-9(14)12-10(15)13(7)8-5-3-2-4-6-8;1-7(10)9-8-5-3-2-4-6-8;3-1(4)2(5)6/h3-7,9-12,24-26H,8,13-19H2,1-2H3;6-10,15H,4-5,11-12H2,1-3H3;2-4,6-7,9H,5,8H2,1H3;2-6H,1H3,(H,12,14,15);2-6H,1H3,(H,9,10);(H,3,4)(H,5,6). The lowest BCUT2D eigenvalue weighted by atomic mass is 9.99. The van der Waals surface area contributed by atoms with E-state index in [1.807, 2.05) is 124 Å². The summed E-state index contributed by atoms with van der Waals surface area (Å²) in [5, 5.41) is 17.8. The van der Waals surface area contributed by atoms with Gasteiger partial charge in [0.2, 0.25) is 0 Å². The third kappa shape index (κ3) is 24.6. The van der Waals surface area contributed by atoms with Crippen molar-refractivity contribution in [2.75, 3.05) is 25.1 Å². The zero-order valence-corrected chi connectivity index (χ0v) is 62.7. The quantitative estimate of drug-likeness (QED) is 0.0225. The molecular formula is C78H90N14O16S. The van der Waals surface area contributed by atoms with Crippen LogP contribution in [-0.2, 0) is 54.8 Å². The maximum atomic E-state index is 13.1. The Kier molecular flexibility index (Phi) is 32.8. The molecule has 10 aromatic rings. The maximum Gasteiger partial charge on any atom is 0.414 e. The van der Waals surface area contributed by atoms with E-state index in [-0.39, 0.29) is 25.2 Å². The number of nitrogens with zero attached hydrogens (tertiary/aromatic N) is 12. The van der Waals surface area contributed by atoms with E-state index >= 15 is 0 Å². The van der Waals surface area contributed by atoms with E-state index in [2.05, 4.69) is 66.3 Å². The number of rotatable bonds is 22. The molecule has 2 bridgehead atoms. The zero-order chi connectivity index (χ0) is 79.1. The smallest absolute Gasteiger partial charge is 0.414 e. The number of nitrogens with one attached hydrogen (secondary N) is 2. The van der Waals surface area contributed by atoms with Crippen molar-refractivity contribution in [1.29, 1.82) is 0 Å². The molecule has 6 heterocycles. The van der Waals surface area contributed by atoms with Crippen LogP contribution in [0.15, 0.2) is 214 Å². The Morgan fingerprint density at radius 1 is 0.532 bits per heavy atom. The van der Waals surface area contributed by atoms with Gasteiger partial charge < -0.3 is 34.5 Å². The summed E-state index contributed by atoms with van der Waals surface area (Å²) in [6, 6.07) is 55.8. The van der Waals surface area contributed by atoms with E-state index in [9.17, 15) is 43.2 Å². The first-order chi connectivity index (χ1) is 52.3. The first-order valence-electron chi connectivity index (χ1n) is 35.3. The summed E-state index contributed by atoms with van der Waals surface area (Å²) in [4.78, 5) is 147. The van der Waals surface area contributed by atoms with Crippen molar-refractivity contribution >= 4 is 41.1 Å². The Labute approximate surface area is 631 Å². The van der Waals surface area contributed by atoms with Crippen molar-refractivity contribution in [3.63, 3.8) is 0 Å². The van der Waals surface area contributed by atoms with Gasteiger partial charge in [-0.3, -0.25) is 9.88 Å². The molecule has 2 saturated heterocycles. The van der Waals surface area contributed by atoms with Crippen molar-refractivity contribution in [1.82, 2.24) is 61.8 Å². The number of carboxylic acids is 2.